The lowest BCUT2D eigenvalue weighted by Gasteiger charge is -2.12. The molecule has 0 aliphatic carbocycles. The number of anilines is 1. The fourth-order valence-corrected chi connectivity index (χ4v) is 2.81. The Morgan fingerprint density at radius 1 is 1.32 bits per heavy atom. The van der Waals surface area contributed by atoms with Gasteiger partial charge in [0.25, 0.3) is 0 Å². The summed E-state index contributed by atoms with van der Waals surface area (Å²) in [6, 6.07) is 5.40. The highest BCUT2D eigenvalue weighted by Crippen LogP contribution is 2.26. The zero-order valence-corrected chi connectivity index (χ0v) is 12.5. The molecule has 0 bridgehead atoms. The van der Waals surface area contributed by atoms with Gasteiger partial charge >= 0.3 is 0 Å². The first-order valence-corrected chi connectivity index (χ1v) is 7.99. The van der Waals surface area contributed by atoms with Gasteiger partial charge in [0.2, 0.25) is 10.0 Å². The van der Waals surface area contributed by atoms with Crippen LogP contribution in [0.5, 0.6) is 5.75 Å². The third-order valence-electron chi connectivity index (χ3n) is 2.64. The van der Waals surface area contributed by atoms with Crippen molar-refractivity contribution in [2.24, 2.45) is 0 Å². The maximum absolute atomic E-state index is 11.9. The van der Waals surface area contributed by atoms with E-state index in [9.17, 15) is 8.42 Å². The molecule has 0 saturated heterocycles. The molecule has 0 aliphatic heterocycles. The van der Waals surface area contributed by atoms with Gasteiger partial charge in [-0.05, 0) is 44.1 Å². The van der Waals surface area contributed by atoms with Crippen LogP contribution in [0.2, 0.25) is 0 Å². The molecule has 19 heavy (non-hydrogen) atoms. The molecular weight excluding hydrogens is 264 g/mol. The molecule has 0 aromatic heterocycles. The lowest BCUT2D eigenvalue weighted by atomic mass is 10.2. The van der Waals surface area contributed by atoms with Gasteiger partial charge in [0.1, 0.15) is 5.75 Å². The molecule has 5 nitrogen and oxygen atoms in total. The van der Waals surface area contributed by atoms with Crippen molar-refractivity contribution in [2.45, 2.75) is 20.3 Å². The number of hydrogen-bond donors (Lipinski definition) is 2. The van der Waals surface area contributed by atoms with E-state index in [1.807, 2.05) is 19.9 Å². The highest BCUT2D eigenvalue weighted by atomic mass is 32.2. The first-order chi connectivity index (χ1) is 8.98. The molecule has 0 spiro atoms. The maximum Gasteiger partial charge on any atom is 0.232 e. The quantitative estimate of drug-likeness (QED) is 0.714. The van der Waals surface area contributed by atoms with Gasteiger partial charge in [0, 0.05) is 0 Å². The Balaban J connectivity index is 2.69. The van der Waals surface area contributed by atoms with Crippen molar-refractivity contribution in [2.75, 3.05) is 30.7 Å². The first kappa shape index (κ1) is 15.8. The van der Waals surface area contributed by atoms with E-state index in [1.54, 1.807) is 12.1 Å². The van der Waals surface area contributed by atoms with Crippen LogP contribution >= 0.6 is 0 Å². The molecule has 1 aromatic rings. The van der Waals surface area contributed by atoms with Crippen molar-refractivity contribution in [3.63, 3.8) is 0 Å². The number of hydrogen-bond acceptors (Lipinski definition) is 4. The van der Waals surface area contributed by atoms with E-state index in [1.165, 1.54) is 7.11 Å². The summed E-state index contributed by atoms with van der Waals surface area (Å²) in [6.07, 6.45) is 0.581. The molecule has 0 aliphatic rings. The summed E-state index contributed by atoms with van der Waals surface area (Å²) < 4.78 is 31.6. The Morgan fingerprint density at radius 2 is 2.05 bits per heavy atom. The van der Waals surface area contributed by atoms with E-state index >= 15 is 0 Å². The van der Waals surface area contributed by atoms with E-state index in [0.717, 1.165) is 12.1 Å². The Morgan fingerprint density at radius 3 is 2.68 bits per heavy atom. The van der Waals surface area contributed by atoms with Crippen LogP contribution in [-0.4, -0.2) is 34.4 Å². The summed E-state index contributed by atoms with van der Waals surface area (Å²) in [5.41, 5.74) is 1.47. The summed E-state index contributed by atoms with van der Waals surface area (Å²) in [4.78, 5) is 0. The van der Waals surface area contributed by atoms with Crippen LogP contribution in [0.15, 0.2) is 18.2 Å². The zero-order chi connectivity index (χ0) is 14.3. The van der Waals surface area contributed by atoms with Crippen molar-refractivity contribution in [3.05, 3.63) is 23.8 Å². The summed E-state index contributed by atoms with van der Waals surface area (Å²) in [5, 5.41) is 3.10. The van der Waals surface area contributed by atoms with Gasteiger partial charge in [0.05, 0.1) is 18.6 Å². The van der Waals surface area contributed by atoms with E-state index < -0.39 is 10.0 Å². The molecular formula is C13H22N2O3S. The van der Waals surface area contributed by atoms with Gasteiger partial charge in [-0.15, -0.1) is 0 Å². The minimum Gasteiger partial charge on any atom is -0.495 e. The second-order valence-corrected chi connectivity index (χ2v) is 6.17. The number of methoxy groups -OCH3 is 1. The number of nitrogens with one attached hydrogen (secondary N) is 2. The first-order valence-electron chi connectivity index (χ1n) is 6.34. The summed E-state index contributed by atoms with van der Waals surface area (Å²) in [5.74, 6) is 0.623. The fraction of sp³-hybridized carbons (Fsp3) is 0.538. The molecule has 0 unspecified atom stereocenters. The monoisotopic (exact) mass is 286 g/mol. The largest absolute Gasteiger partial charge is 0.495 e. The summed E-state index contributed by atoms with van der Waals surface area (Å²) in [7, 11) is -1.81. The molecule has 6 heteroatoms. The van der Waals surface area contributed by atoms with Gasteiger partial charge in [-0.25, -0.2) is 8.42 Å². The highest BCUT2D eigenvalue weighted by molar-refractivity contribution is 7.92. The molecule has 2 N–H and O–H groups in total. The number of sulfonamides is 1. The van der Waals surface area contributed by atoms with Gasteiger partial charge in [-0.3, -0.25) is 4.72 Å². The second kappa shape index (κ2) is 7.35. The van der Waals surface area contributed by atoms with Gasteiger partial charge in [-0.1, -0.05) is 13.0 Å². The SMILES string of the molecule is CCNCCCS(=O)(=O)Nc1cc(C)ccc1OC. The molecule has 1 aromatic carbocycles. The molecule has 0 heterocycles. The topological polar surface area (TPSA) is 67.4 Å². The lowest BCUT2D eigenvalue weighted by molar-refractivity contribution is 0.417. The Bertz CT molecular complexity index is 501. The molecule has 0 atom stereocenters. The number of ether oxygens (including phenoxy) is 1. The predicted octanol–water partition coefficient (Wildman–Crippen LogP) is 1.74. The van der Waals surface area contributed by atoms with Gasteiger partial charge in [-0.2, -0.15) is 0 Å². The number of aryl methyl sites for hydroxylation is 1. The number of rotatable bonds is 8. The molecule has 1 rings (SSSR count). The maximum atomic E-state index is 11.9. The van der Waals surface area contributed by atoms with E-state index in [-0.39, 0.29) is 5.75 Å². The van der Waals surface area contributed by atoms with Crippen LogP contribution in [0, 0.1) is 6.92 Å². The van der Waals surface area contributed by atoms with E-state index in [2.05, 4.69) is 10.0 Å². The van der Waals surface area contributed by atoms with Gasteiger partial charge in [0.15, 0.2) is 0 Å². The second-order valence-electron chi connectivity index (χ2n) is 4.33. The average molecular weight is 286 g/mol. The molecule has 108 valence electrons. The summed E-state index contributed by atoms with van der Waals surface area (Å²) >= 11 is 0. The van der Waals surface area contributed by atoms with Crippen molar-refractivity contribution in [1.82, 2.24) is 5.32 Å². The molecule has 0 fully saturated rings. The fourth-order valence-electron chi connectivity index (χ4n) is 1.68. The lowest BCUT2D eigenvalue weighted by Crippen LogP contribution is -2.22. The third kappa shape index (κ3) is 5.48. The van der Waals surface area contributed by atoms with Crippen LogP contribution in [0.3, 0.4) is 0 Å². The Labute approximate surface area is 115 Å². The van der Waals surface area contributed by atoms with Crippen molar-refractivity contribution in [3.8, 4) is 5.75 Å². The van der Waals surface area contributed by atoms with Crippen molar-refractivity contribution in [1.29, 1.82) is 0 Å². The predicted molar refractivity (Wildman–Crippen MR) is 78.3 cm³/mol. The van der Waals surface area contributed by atoms with Crippen LogP contribution in [-0.2, 0) is 10.0 Å². The van der Waals surface area contributed by atoms with Crippen molar-refractivity contribution >= 4 is 15.7 Å². The zero-order valence-electron chi connectivity index (χ0n) is 11.7. The normalized spacial score (nSPS) is 11.3. The number of benzene rings is 1. The average Bonchev–Trinajstić information content (AvgIpc) is 2.34. The summed E-state index contributed by atoms with van der Waals surface area (Å²) in [6.45, 7) is 5.44. The molecule has 0 amide bonds. The van der Waals surface area contributed by atoms with Crippen LogP contribution in [0.25, 0.3) is 0 Å². The molecule has 0 radical (unpaired) electrons. The minimum absolute atomic E-state index is 0.0943. The molecule has 0 saturated carbocycles. The highest BCUT2D eigenvalue weighted by Gasteiger charge is 2.13. The Hall–Kier alpha value is -1.27. The minimum atomic E-state index is -3.33. The van der Waals surface area contributed by atoms with Crippen LogP contribution < -0.4 is 14.8 Å². The van der Waals surface area contributed by atoms with Crippen LogP contribution in [0.1, 0.15) is 18.9 Å². The van der Waals surface area contributed by atoms with E-state index in [0.29, 0.717) is 24.4 Å². The van der Waals surface area contributed by atoms with E-state index in [4.69, 9.17) is 4.74 Å². The Kier molecular flexibility index (Phi) is 6.11. The third-order valence-corrected chi connectivity index (χ3v) is 3.99. The smallest absolute Gasteiger partial charge is 0.232 e. The van der Waals surface area contributed by atoms with Gasteiger partial charge < -0.3 is 10.1 Å². The van der Waals surface area contributed by atoms with Crippen molar-refractivity contribution < 1.29 is 13.2 Å². The standard InChI is InChI=1S/C13H22N2O3S/c1-4-14-8-5-9-19(16,17)15-12-10-11(2)6-7-13(12)18-3/h6-7,10,14-15H,4-5,8-9H2,1-3H3. The van der Waals surface area contributed by atoms with Crippen LogP contribution in [0.4, 0.5) is 5.69 Å².